The molecule has 1 aromatic carbocycles. The van der Waals surface area contributed by atoms with Crippen molar-refractivity contribution in [3.63, 3.8) is 0 Å². The first-order valence-corrected chi connectivity index (χ1v) is 7.41. The summed E-state index contributed by atoms with van der Waals surface area (Å²) >= 11 is 0. The van der Waals surface area contributed by atoms with E-state index in [4.69, 9.17) is 0 Å². The normalized spacial score (nSPS) is 18.0. The molecule has 5 heteroatoms. The third kappa shape index (κ3) is 4.04. The van der Waals surface area contributed by atoms with Crippen molar-refractivity contribution in [2.45, 2.75) is 32.2 Å². The predicted octanol–water partition coefficient (Wildman–Crippen LogP) is 1.59. The van der Waals surface area contributed by atoms with Gasteiger partial charge in [0, 0.05) is 19.6 Å². The molecule has 1 aliphatic heterocycles. The summed E-state index contributed by atoms with van der Waals surface area (Å²) < 4.78 is 0. The van der Waals surface area contributed by atoms with Crippen molar-refractivity contribution in [3.8, 4) is 0 Å². The summed E-state index contributed by atoms with van der Waals surface area (Å²) in [6, 6.07) is 7.57. The molecule has 5 nitrogen and oxygen atoms in total. The SMILES string of the molecule is CCCCNC(=O)CN1Cc2ccccc2C(C(=O)O)C1. The van der Waals surface area contributed by atoms with Gasteiger partial charge in [-0.1, -0.05) is 37.6 Å². The number of carbonyl (C=O) groups is 2. The number of unbranched alkanes of at least 4 members (excludes halogenated alkanes) is 1. The molecule has 1 aromatic rings. The molecule has 2 rings (SSSR count). The average Bonchev–Trinajstić information content (AvgIpc) is 2.46. The number of rotatable bonds is 6. The highest BCUT2D eigenvalue weighted by Crippen LogP contribution is 2.28. The molecule has 1 aliphatic rings. The Hall–Kier alpha value is -1.88. The first-order chi connectivity index (χ1) is 10.1. The van der Waals surface area contributed by atoms with E-state index < -0.39 is 11.9 Å². The molecule has 1 unspecified atom stereocenters. The van der Waals surface area contributed by atoms with Gasteiger partial charge in [-0.2, -0.15) is 0 Å². The van der Waals surface area contributed by atoms with Crippen molar-refractivity contribution in [1.82, 2.24) is 10.2 Å². The average molecular weight is 290 g/mol. The van der Waals surface area contributed by atoms with Gasteiger partial charge in [-0.05, 0) is 17.5 Å². The number of nitrogens with zero attached hydrogens (tertiary/aromatic N) is 1. The lowest BCUT2D eigenvalue weighted by Crippen LogP contribution is -2.43. The highest BCUT2D eigenvalue weighted by molar-refractivity contribution is 5.79. The fraction of sp³-hybridized carbons (Fsp3) is 0.500. The van der Waals surface area contributed by atoms with Crippen molar-refractivity contribution >= 4 is 11.9 Å². The van der Waals surface area contributed by atoms with Gasteiger partial charge in [0.05, 0.1) is 12.5 Å². The summed E-state index contributed by atoms with van der Waals surface area (Å²) in [5.41, 5.74) is 1.87. The lowest BCUT2D eigenvalue weighted by Gasteiger charge is -2.32. The molecular weight excluding hydrogens is 268 g/mol. The maximum absolute atomic E-state index is 11.9. The standard InChI is InChI=1S/C16H22N2O3/c1-2-3-8-17-15(19)11-18-9-12-6-4-5-7-13(12)14(10-18)16(20)21/h4-7,14H,2-3,8-11H2,1H3,(H,17,19)(H,20,21). The first-order valence-electron chi connectivity index (χ1n) is 7.41. The molecule has 0 saturated heterocycles. The van der Waals surface area contributed by atoms with E-state index in [1.54, 1.807) is 0 Å². The molecule has 21 heavy (non-hydrogen) atoms. The molecule has 0 aromatic heterocycles. The third-order valence-electron chi connectivity index (χ3n) is 3.78. The van der Waals surface area contributed by atoms with E-state index in [-0.39, 0.29) is 12.5 Å². The largest absolute Gasteiger partial charge is 0.481 e. The monoisotopic (exact) mass is 290 g/mol. The number of fused-ring (bicyclic) bond motifs is 1. The molecule has 1 heterocycles. The van der Waals surface area contributed by atoms with Crippen LogP contribution < -0.4 is 5.32 Å². The van der Waals surface area contributed by atoms with E-state index in [2.05, 4.69) is 12.2 Å². The van der Waals surface area contributed by atoms with Gasteiger partial charge in [0.2, 0.25) is 5.91 Å². The summed E-state index contributed by atoms with van der Waals surface area (Å²) in [6.07, 6.45) is 2.00. The maximum atomic E-state index is 11.9. The molecule has 2 N–H and O–H groups in total. The Morgan fingerprint density at radius 2 is 2.14 bits per heavy atom. The second-order valence-electron chi connectivity index (χ2n) is 5.46. The topological polar surface area (TPSA) is 69.6 Å². The smallest absolute Gasteiger partial charge is 0.312 e. The molecule has 0 aliphatic carbocycles. The van der Waals surface area contributed by atoms with Crippen LogP contribution in [0.4, 0.5) is 0 Å². The van der Waals surface area contributed by atoms with E-state index in [0.717, 1.165) is 24.0 Å². The predicted molar refractivity (Wildman–Crippen MR) is 80.0 cm³/mol. The van der Waals surface area contributed by atoms with Crippen molar-refractivity contribution in [1.29, 1.82) is 0 Å². The van der Waals surface area contributed by atoms with Gasteiger partial charge in [0.15, 0.2) is 0 Å². The van der Waals surface area contributed by atoms with Gasteiger partial charge >= 0.3 is 5.97 Å². The molecule has 0 saturated carbocycles. The van der Waals surface area contributed by atoms with Crippen LogP contribution in [-0.4, -0.2) is 41.5 Å². The molecule has 0 radical (unpaired) electrons. The first kappa shape index (κ1) is 15.5. The molecule has 1 amide bonds. The molecule has 0 bridgehead atoms. The van der Waals surface area contributed by atoms with E-state index in [0.29, 0.717) is 19.6 Å². The zero-order chi connectivity index (χ0) is 15.2. The summed E-state index contributed by atoms with van der Waals surface area (Å²) in [6.45, 7) is 4.02. The quantitative estimate of drug-likeness (QED) is 0.781. The molecular formula is C16H22N2O3. The fourth-order valence-corrected chi connectivity index (χ4v) is 2.68. The molecule has 0 fully saturated rings. The summed E-state index contributed by atoms with van der Waals surface area (Å²) in [4.78, 5) is 25.2. The summed E-state index contributed by atoms with van der Waals surface area (Å²) in [7, 11) is 0. The van der Waals surface area contributed by atoms with Crippen LogP contribution in [0.5, 0.6) is 0 Å². The number of carboxylic acids is 1. The van der Waals surface area contributed by atoms with Gasteiger partial charge in [-0.15, -0.1) is 0 Å². The van der Waals surface area contributed by atoms with E-state index in [1.807, 2.05) is 29.2 Å². The van der Waals surface area contributed by atoms with Crippen LogP contribution in [0.2, 0.25) is 0 Å². The van der Waals surface area contributed by atoms with Crippen LogP contribution in [-0.2, 0) is 16.1 Å². The summed E-state index contributed by atoms with van der Waals surface area (Å²) in [5.74, 6) is -1.43. The second kappa shape index (κ2) is 7.22. The Bertz CT molecular complexity index is 516. The van der Waals surface area contributed by atoms with Crippen LogP contribution in [0.3, 0.4) is 0 Å². The third-order valence-corrected chi connectivity index (χ3v) is 3.78. The zero-order valence-corrected chi connectivity index (χ0v) is 12.3. The Kier molecular flexibility index (Phi) is 5.33. The number of carbonyl (C=O) groups excluding carboxylic acids is 1. The Morgan fingerprint density at radius 3 is 2.86 bits per heavy atom. The minimum atomic E-state index is -0.835. The maximum Gasteiger partial charge on any atom is 0.312 e. The van der Waals surface area contributed by atoms with Crippen LogP contribution in [0.25, 0.3) is 0 Å². The number of hydrogen-bond donors (Lipinski definition) is 2. The van der Waals surface area contributed by atoms with Gasteiger partial charge < -0.3 is 10.4 Å². The fourth-order valence-electron chi connectivity index (χ4n) is 2.68. The second-order valence-corrected chi connectivity index (χ2v) is 5.46. The number of carboxylic acid groups (broad SMARTS) is 1. The molecule has 1 atom stereocenters. The van der Waals surface area contributed by atoms with E-state index in [1.165, 1.54) is 0 Å². The van der Waals surface area contributed by atoms with Crippen molar-refractivity contribution < 1.29 is 14.7 Å². The van der Waals surface area contributed by atoms with Crippen LogP contribution in [0.1, 0.15) is 36.8 Å². The van der Waals surface area contributed by atoms with Crippen LogP contribution in [0.15, 0.2) is 24.3 Å². The van der Waals surface area contributed by atoms with Gasteiger partial charge in [-0.25, -0.2) is 0 Å². The van der Waals surface area contributed by atoms with Crippen molar-refractivity contribution in [2.24, 2.45) is 0 Å². The number of aliphatic carboxylic acids is 1. The number of hydrogen-bond acceptors (Lipinski definition) is 3. The molecule has 0 spiro atoms. The van der Waals surface area contributed by atoms with Crippen molar-refractivity contribution in [3.05, 3.63) is 35.4 Å². The summed E-state index contributed by atoms with van der Waals surface area (Å²) in [5, 5.41) is 12.3. The Balaban J connectivity index is 2.01. The lowest BCUT2D eigenvalue weighted by atomic mass is 9.90. The number of amides is 1. The lowest BCUT2D eigenvalue weighted by molar-refractivity contribution is -0.140. The van der Waals surface area contributed by atoms with Gasteiger partial charge in [-0.3, -0.25) is 14.5 Å². The van der Waals surface area contributed by atoms with Gasteiger partial charge in [0.25, 0.3) is 0 Å². The van der Waals surface area contributed by atoms with Crippen molar-refractivity contribution in [2.75, 3.05) is 19.6 Å². The highest BCUT2D eigenvalue weighted by Gasteiger charge is 2.30. The van der Waals surface area contributed by atoms with Crippen LogP contribution >= 0.6 is 0 Å². The minimum Gasteiger partial charge on any atom is -0.481 e. The molecule has 114 valence electrons. The van der Waals surface area contributed by atoms with Gasteiger partial charge in [0.1, 0.15) is 0 Å². The minimum absolute atomic E-state index is 0.0352. The highest BCUT2D eigenvalue weighted by atomic mass is 16.4. The number of nitrogens with one attached hydrogen (secondary N) is 1. The Labute approximate surface area is 125 Å². The zero-order valence-electron chi connectivity index (χ0n) is 12.3. The van der Waals surface area contributed by atoms with Crippen LogP contribution in [0, 0.1) is 0 Å². The number of benzene rings is 1. The van der Waals surface area contributed by atoms with E-state index >= 15 is 0 Å². The van der Waals surface area contributed by atoms with E-state index in [9.17, 15) is 14.7 Å². The Morgan fingerprint density at radius 1 is 1.38 bits per heavy atom.